The molecule has 3 aromatic carbocycles. The molecule has 1 aromatic heterocycles. The Morgan fingerprint density at radius 2 is 1.25 bits per heavy atom. The van der Waals surface area contributed by atoms with Gasteiger partial charge in [-0.2, -0.15) is 0 Å². The van der Waals surface area contributed by atoms with E-state index < -0.39 is 0 Å². The minimum Gasteiger partial charge on any atom is -0.392 e. The smallest absolute Gasteiger partial charge is 0.0774 e. The van der Waals surface area contributed by atoms with E-state index in [9.17, 15) is 10.2 Å². The third-order valence-corrected chi connectivity index (χ3v) is 10.1. The molecule has 1 radical (unpaired) electrons. The van der Waals surface area contributed by atoms with E-state index in [-0.39, 0.29) is 49.1 Å². The SMILES string of the molecule is CC(C)(C)[C@H]1CCCC2CCC[C@H](C(C)(C)C)C(O)C2C1O.[Ir].[c-]1ccccc1-c1nc2ccccc2n1-c1ccccc1. The molecule has 2 aliphatic carbocycles. The summed E-state index contributed by atoms with van der Waals surface area (Å²) in [6, 6.07) is 29.7. The number of benzene rings is 3. The third-order valence-electron chi connectivity index (χ3n) is 10.1. The fraction of sp³-hybridized carbons (Fsp3) is 0.513. The van der Waals surface area contributed by atoms with Gasteiger partial charge < -0.3 is 14.8 Å². The van der Waals surface area contributed by atoms with E-state index >= 15 is 0 Å². The number of fused-ring (bicyclic) bond motifs is 2. The predicted octanol–water partition coefficient (Wildman–Crippen LogP) is 9.12. The molecule has 239 valence electrons. The molecule has 0 amide bonds. The molecular formula is C39H51IrN2O2-. The van der Waals surface area contributed by atoms with Gasteiger partial charge in [-0.1, -0.05) is 84.7 Å². The van der Waals surface area contributed by atoms with Crippen molar-refractivity contribution in [3.8, 4) is 17.1 Å². The standard InChI is InChI=1S/C20H38O2.C19H13N2.Ir/c1-19(2,3)14-11-7-9-13-10-8-12-15(20(4,5)6)18(22)16(13)17(14)21;1-3-9-15(10-4-1)19-20-17-13-7-8-14-18(17)21(19)16-11-5-2-6-12-16;/h13-18,21-22H,7-12H2,1-6H3;1-9,11-14H;/q;-1;/t13?,14-,15-,16?,17?,18?;;/m0../s1. The number of para-hydroxylation sites is 3. The average Bonchev–Trinajstić information content (AvgIpc) is 3.16. The molecule has 4 aromatic rings. The number of aliphatic hydroxyl groups is 2. The van der Waals surface area contributed by atoms with Gasteiger partial charge in [0.2, 0.25) is 0 Å². The van der Waals surface area contributed by atoms with Crippen LogP contribution in [0.5, 0.6) is 0 Å². The maximum Gasteiger partial charge on any atom is 0.0774 e. The summed E-state index contributed by atoms with van der Waals surface area (Å²) in [7, 11) is 0. The molecule has 2 saturated carbocycles. The molecule has 0 bridgehead atoms. The summed E-state index contributed by atoms with van der Waals surface area (Å²) in [4.78, 5) is 4.79. The average molecular weight is 772 g/mol. The normalized spacial score (nSPS) is 25.9. The van der Waals surface area contributed by atoms with Gasteiger partial charge in [-0.15, -0.1) is 35.9 Å². The van der Waals surface area contributed by atoms with Crippen molar-refractivity contribution in [2.24, 2.45) is 34.5 Å². The zero-order valence-corrected chi connectivity index (χ0v) is 29.7. The van der Waals surface area contributed by atoms with Crippen molar-refractivity contribution in [1.82, 2.24) is 9.55 Å². The summed E-state index contributed by atoms with van der Waals surface area (Å²) >= 11 is 0. The predicted molar refractivity (Wildman–Crippen MR) is 178 cm³/mol. The summed E-state index contributed by atoms with van der Waals surface area (Å²) in [5.74, 6) is 2.10. The second-order valence-corrected chi connectivity index (χ2v) is 15.0. The van der Waals surface area contributed by atoms with Crippen LogP contribution in [0.25, 0.3) is 28.1 Å². The van der Waals surface area contributed by atoms with E-state index in [1.807, 2.05) is 60.7 Å². The zero-order chi connectivity index (χ0) is 30.8. The molecule has 4 nitrogen and oxygen atoms in total. The molecule has 2 N–H and O–H groups in total. The van der Waals surface area contributed by atoms with Crippen LogP contribution in [0.3, 0.4) is 0 Å². The minimum absolute atomic E-state index is 0. The first-order valence-electron chi connectivity index (χ1n) is 16.3. The summed E-state index contributed by atoms with van der Waals surface area (Å²) in [5.41, 5.74) is 4.43. The van der Waals surface area contributed by atoms with Crippen LogP contribution in [0.1, 0.15) is 80.1 Å². The van der Waals surface area contributed by atoms with Gasteiger partial charge in [0, 0.05) is 31.7 Å². The molecule has 2 unspecified atom stereocenters. The topological polar surface area (TPSA) is 58.3 Å². The van der Waals surface area contributed by atoms with Crippen LogP contribution in [0, 0.1) is 40.6 Å². The van der Waals surface area contributed by atoms with Gasteiger partial charge in [-0.3, -0.25) is 4.98 Å². The molecule has 1 heterocycles. The van der Waals surface area contributed by atoms with Crippen LogP contribution >= 0.6 is 0 Å². The number of imidazole rings is 1. The first-order valence-corrected chi connectivity index (χ1v) is 16.3. The molecular weight excluding hydrogens is 721 g/mol. The van der Waals surface area contributed by atoms with Gasteiger partial charge >= 0.3 is 0 Å². The van der Waals surface area contributed by atoms with Gasteiger partial charge in [0.05, 0.1) is 29.1 Å². The van der Waals surface area contributed by atoms with Crippen LogP contribution in [0.4, 0.5) is 0 Å². The fourth-order valence-corrected chi connectivity index (χ4v) is 7.83. The van der Waals surface area contributed by atoms with Gasteiger partial charge in [0.1, 0.15) is 0 Å². The van der Waals surface area contributed by atoms with Crippen molar-refractivity contribution in [3.63, 3.8) is 0 Å². The Bertz CT molecular complexity index is 1420. The summed E-state index contributed by atoms with van der Waals surface area (Å²) in [5, 5.41) is 22.4. The Hall–Kier alpha value is -2.30. The molecule has 0 spiro atoms. The zero-order valence-electron chi connectivity index (χ0n) is 27.3. The van der Waals surface area contributed by atoms with Crippen molar-refractivity contribution < 1.29 is 30.3 Å². The number of hydrogen-bond acceptors (Lipinski definition) is 3. The maximum atomic E-state index is 11.2. The Morgan fingerprint density at radius 3 is 1.80 bits per heavy atom. The van der Waals surface area contributed by atoms with Crippen molar-refractivity contribution >= 4 is 11.0 Å². The van der Waals surface area contributed by atoms with Gasteiger partial charge in [-0.05, 0) is 78.5 Å². The first kappa shape index (κ1) is 34.6. The fourth-order valence-electron chi connectivity index (χ4n) is 7.83. The largest absolute Gasteiger partial charge is 0.392 e. The summed E-state index contributed by atoms with van der Waals surface area (Å²) < 4.78 is 2.18. The van der Waals surface area contributed by atoms with Crippen molar-refractivity contribution in [1.29, 1.82) is 0 Å². The van der Waals surface area contributed by atoms with Crippen LogP contribution in [-0.4, -0.2) is 32.0 Å². The van der Waals surface area contributed by atoms with Crippen LogP contribution in [-0.2, 0) is 20.1 Å². The molecule has 4 atom stereocenters. The second kappa shape index (κ2) is 14.4. The summed E-state index contributed by atoms with van der Waals surface area (Å²) in [6.07, 6.45) is 6.26. The van der Waals surface area contributed by atoms with E-state index in [1.54, 1.807) is 0 Å². The number of aliphatic hydroxyl groups excluding tert-OH is 2. The van der Waals surface area contributed by atoms with Crippen LogP contribution in [0.2, 0.25) is 0 Å². The molecule has 6 rings (SSSR count). The third kappa shape index (κ3) is 7.56. The number of rotatable bonds is 2. The van der Waals surface area contributed by atoms with E-state index in [0.29, 0.717) is 17.8 Å². The Balaban J connectivity index is 0.000000196. The molecule has 0 saturated heterocycles. The van der Waals surface area contributed by atoms with Gasteiger partial charge in [0.15, 0.2) is 0 Å². The van der Waals surface area contributed by atoms with Crippen molar-refractivity contribution in [2.45, 2.75) is 92.3 Å². The van der Waals surface area contributed by atoms with Gasteiger partial charge in [0.25, 0.3) is 0 Å². The molecule has 44 heavy (non-hydrogen) atoms. The molecule has 2 fully saturated rings. The number of hydrogen-bond donors (Lipinski definition) is 2. The molecule has 5 heteroatoms. The van der Waals surface area contributed by atoms with Crippen molar-refractivity contribution in [2.75, 3.05) is 0 Å². The Morgan fingerprint density at radius 1 is 0.705 bits per heavy atom. The molecule has 0 aliphatic heterocycles. The van der Waals surface area contributed by atoms with E-state index in [1.165, 1.54) is 25.7 Å². The van der Waals surface area contributed by atoms with Crippen molar-refractivity contribution in [3.05, 3.63) is 84.9 Å². The monoisotopic (exact) mass is 772 g/mol. The van der Waals surface area contributed by atoms with E-state index in [4.69, 9.17) is 4.98 Å². The Labute approximate surface area is 278 Å². The second-order valence-electron chi connectivity index (χ2n) is 15.0. The number of nitrogens with zero attached hydrogens (tertiary/aromatic N) is 2. The Kier molecular flexibility index (Phi) is 11.3. The minimum atomic E-state index is -0.356. The van der Waals surface area contributed by atoms with Crippen LogP contribution < -0.4 is 0 Å². The van der Waals surface area contributed by atoms with Gasteiger partial charge in [-0.25, -0.2) is 0 Å². The van der Waals surface area contributed by atoms with E-state index in [0.717, 1.165) is 41.0 Å². The molecule has 2 aliphatic rings. The van der Waals surface area contributed by atoms with Crippen LogP contribution in [0.15, 0.2) is 78.9 Å². The first-order chi connectivity index (χ1) is 20.5. The number of aromatic nitrogens is 2. The quantitative estimate of drug-likeness (QED) is 0.200. The summed E-state index contributed by atoms with van der Waals surface area (Å²) in [6.45, 7) is 13.4. The maximum absolute atomic E-state index is 11.2. The van der Waals surface area contributed by atoms with E-state index in [2.05, 4.69) is 70.4 Å².